The van der Waals surface area contributed by atoms with Crippen molar-refractivity contribution in [2.24, 2.45) is 5.41 Å². The second kappa shape index (κ2) is 7.68. The number of hydrogen-bond donors (Lipinski definition) is 2. The maximum atomic E-state index is 12.8. The van der Waals surface area contributed by atoms with E-state index in [2.05, 4.69) is 10.6 Å². The lowest BCUT2D eigenvalue weighted by atomic mass is 9.96. The van der Waals surface area contributed by atoms with Crippen molar-refractivity contribution in [1.29, 1.82) is 0 Å². The Morgan fingerprint density at radius 2 is 1.75 bits per heavy atom. The maximum absolute atomic E-state index is 12.8. The number of carbonyl (C=O) groups is 2. The molecule has 134 valence electrons. The molecular weight excluding hydrogens is 321 g/mol. The second-order valence-corrected chi connectivity index (χ2v) is 6.69. The molecule has 0 unspecified atom stereocenters. The zero-order chi connectivity index (χ0) is 18.5. The molecular formula is C17H23F3N2O2. The Labute approximate surface area is 139 Å². The highest BCUT2D eigenvalue weighted by molar-refractivity contribution is 5.90. The summed E-state index contributed by atoms with van der Waals surface area (Å²) in [4.78, 5) is 23.4. The monoisotopic (exact) mass is 344 g/mol. The minimum absolute atomic E-state index is 0.102. The number of benzene rings is 1. The molecule has 0 spiro atoms. The van der Waals surface area contributed by atoms with Crippen LogP contribution in [0.1, 0.15) is 44.7 Å². The summed E-state index contributed by atoms with van der Waals surface area (Å²) < 4.78 is 38.5. The van der Waals surface area contributed by atoms with E-state index in [0.717, 1.165) is 6.07 Å². The first-order chi connectivity index (χ1) is 10.9. The first-order valence-electron chi connectivity index (χ1n) is 7.67. The average molecular weight is 344 g/mol. The summed E-state index contributed by atoms with van der Waals surface area (Å²) in [6.45, 7) is 7.05. The van der Waals surface area contributed by atoms with E-state index in [4.69, 9.17) is 0 Å². The Morgan fingerprint density at radius 3 is 2.29 bits per heavy atom. The normalized spacial score (nSPS) is 12.0. The van der Waals surface area contributed by atoms with Gasteiger partial charge in [0.2, 0.25) is 11.8 Å². The van der Waals surface area contributed by atoms with E-state index in [1.807, 2.05) is 0 Å². The molecule has 0 heterocycles. The van der Waals surface area contributed by atoms with Gasteiger partial charge in [-0.05, 0) is 31.0 Å². The minimum Gasteiger partial charge on any atom is -0.356 e. The molecule has 4 nitrogen and oxygen atoms in total. The molecule has 0 aromatic heterocycles. The first-order valence-corrected chi connectivity index (χ1v) is 7.67. The van der Waals surface area contributed by atoms with Crippen LogP contribution in [-0.4, -0.2) is 18.4 Å². The van der Waals surface area contributed by atoms with Crippen molar-refractivity contribution in [2.75, 3.05) is 11.9 Å². The van der Waals surface area contributed by atoms with Crippen LogP contribution in [0.2, 0.25) is 0 Å². The predicted octanol–water partition coefficient (Wildman–Crippen LogP) is 3.89. The fourth-order valence-corrected chi connectivity index (χ4v) is 1.94. The lowest BCUT2D eigenvalue weighted by molar-refractivity contribution is -0.138. The van der Waals surface area contributed by atoms with Gasteiger partial charge in [-0.1, -0.05) is 26.8 Å². The van der Waals surface area contributed by atoms with E-state index < -0.39 is 23.1 Å². The molecule has 1 aromatic rings. The molecule has 7 heteroatoms. The van der Waals surface area contributed by atoms with Gasteiger partial charge in [-0.3, -0.25) is 9.59 Å². The highest BCUT2D eigenvalue weighted by atomic mass is 19.4. The maximum Gasteiger partial charge on any atom is 0.416 e. The van der Waals surface area contributed by atoms with Crippen LogP contribution in [-0.2, 0) is 15.8 Å². The summed E-state index contributed by atoms with van der Waals surface area (Å²) in [5.74, 6) is -0.506. The molecule has 1 aromatic carbocycles. The summed E-state index contributed by atoms with van der Waals surface area (Å²) in [6, 6.07) is 3.68. The number of amides is 2. The van der Waals surface area contributed by atoms with Crippen LogP contribution in [0, 0.1) is 12.3 Å². The molecule has 0 fully saturated rings. The van der Waals surface area contributed by atoms with E-state index in [1.54, 1.807) is 20.8 Å². The largest absolute Gasteiger partial charge is 0.416 e. The Morgan fingerprint density at radius 1 is 1.12 bits per heavy atom. The van der Waals surface area contributed by atoms with Crippen LogP contribution in [0.15, 0.2) is 18.2 Å². The molecule has 0 saturated carbocycles. The number of carbonyl (C=O) groups excluding carboxylic acids is 2. The smallest absolute Gasteiger partial charge is 0.356 e. The third-order valence-electron chi connectivity index (χ3n) is 3.37. The molecule has 0 radical (unpaired) electrons. The number of anilines is 1. The summed E-state index contributed by atoms with van der Waals surface area (Å²) >= 11 is 0. The zero-order valence-corrected chi connectivity index (χ0v) is 14.3. The molecule has 0 aliphatic carbocycles. The van der Waals surface area contributed by atoms with Gasteiger partial charge in [0, 0.05) is 24.1 Å². The van der Waals surface area contributed by atoms with Gasteiger partial charge in [0.15, 0.2) is 0 Å². The molecule has 0 aliphatic rings. The van der Waals surface area contributed by atoms with Gasteiger partial charge in [-0.25, -0.2) is 0 Å². The van der Waals surface area contributed by atoms with Crippen molar-refractivity contribution in [1.82, 2.24) is 5.32 Å². The highest BCUT2D eigenvalue weighted by Gasteiger charge is 2.32. The van der Waals surface area contributed by atoms with Gasteiger partial charge < -0.3 is 10.6 Å². The van der Waals surface area contributed by atoms with E-state index in [0.29, 0.717) is 13.0 Å². The first kappa shape index (κ1) is 20.0. The Bertz CT molecular complexity index is 605. The highest BCUT2D eigenvalue weighted by Crippen LogP contribution is 2.33. The molecule has 24 heavy (non-hydrogen) atoms. The van der Waals surface area contributed by atoms with Crippen LogP contribution in [0.5, 0.6) is 0 Å². The minimum atomic E-state index is -4.46. The third kappa shape index (κ3) is 6.22. The molecule has 1 rings (SSSR count). The molecule has 0 atom stereocenters. The Balaban J connectivity index is 2.50. The average Bonchev–Trinajstić information content (AvgIpc) is 2.43. The molecule has 2 N–H and O–H groups in total. The van der Waals surface area contributed by atoms with Gasteiger partial charge in [0.25, 0.3) is 0 Å². The molecule has 2 amide bonds. The van der Waals surface area contributed by atoms with Gasteiger partial charge in [0.05, 0.1) is 5.56 Å². The lowest BCUT2D eigenvalue weighted by Gasteiger charge is -2.17. The summed E-state index contributed by atoms with van der Waals surface area (Å²) in [7, 11) is 0. The van der Waals surface area contributed by atoms with Crippen molar-refractivity contribution in [3.8, 4) is 0 Å². The van der Waals surface area contributed by atoms with E-state index in [1.165, 1.54) is 19.1 Å². The standard InChI is InChI=1S/C17H23F3N2O2/c1-11-7-8-12(10-13(11)17(18,19)20)22-14(23)6-5-9-21-15(24)16(2,3)4/h7-8,10H,5-6,9H2,1-4H3,(H,21,24)(H,22,23). The number of halogens is 3. The summed E-state index contributed by atoms with van der Waals surface area (Å²) in [5.41, 5.74) is -1.06. The Kier molecular flexibility index (Phi) is 6.40. The SMILES string of the molecule is Cc1ccc(NC(=O)CCCNC(=O)C(C)(C)C)cc1C(F)(F)F. The van der Waals surface area contributed by atoms with E-state index in [9.17, 15) is 22.8 Å². The fourth-order valence-electron chi connectivity index (χ4n) is 1.94. The van der Waals surface area contributed by atoms with Crippen LogP contribution in [0.3, 0.4) is 0 Å². The van der Waals surface area contributed by atoms with E-state index >= 15 is 0 Å². The van der Waals surface area contributed by atoms with Crippen molar-refractivity contribution in [2.45, 2.75) is 46.7 Å². The van der Waals surface area contributed by atoms with E-state index in [-0.39, 0.29) is 23.6 Å². The topological polar surface area (TPSA) is 58.2 Å². The Hall–Kier alpha value is -2.05. The van der Waals surface area contributed by atoms with Crippen LogP contribution >= 0.6 is 0 Å². The van der Waals surface area contributed by atoms with Crippen molar-refractivity contribution in [3.05, 3.63) is 29.3 Å². The van der Waals surface area contributed by atoms with Gasteiger partial charge in [-0.2, -0.15) is 13.2 Å². The van der Waals surface area contributed by atoms with Crippen molar-refractivity contribution < 1.29 is 22.8 Å². The number of nitrogens with one attached hydrogen (secondary N) is 2. The second-order valence-electron chi connectivity index (χ2n) is 6.69. The summed E-state index contributed by atoms with van der Waals surface area (Å²) in [5, 5.41) is 5.16. The molecule has 0 bridgehead atoms. The predicted molar refractivity (Wildman–Crippen MR) is 86.5 cm³/mol. The van der Waals surface area contributed by atoms with Gasteiger partial charge >= 0.3 is 6.18 Å². The van der Waals surface area contributed by atoms with Crippen LogP contribution < -0.4 is 10.6 Å². The van der Waals surface area contributed by atoms with Crippen molar-refractivity contribution >= 4 is 17.5 Å². The lowest BCUT2D eigenvalue weighted by Crippen LogP contribution is -2.35. The quantitative estimate of drug-likeness (QED) is 0.796. The third-order valence-corrected chi connectivity index (χ3v) is 3.37. The molecule has 0 aliphatic heterocycles. The fraction of sp³-hybridized carbons (Fsp3) is 0.529. The number of alkyl halides is 3. The number of hydrogen-bond acceptors (Lipinski definition) is 2. The van der Waals surface area contributed by atoms with Crippen LogP contribution in [0.25, 0.3) is 0 Å². The van der Waals surface area contributed by atoms with Crippen molar-refractivity contribution in [3.63, 3.8) is 0 Å². The van der Waals surface area contributed by atoms with Gasteiger partial charge in [-0.15, -0.1) is 0 Å². The van der Waals surface area contributed by atoms with Crippen LogP contribution in [0.4, 0.5) is 18.9 Å². The van der Waals surface area contributed by atoms with Gasteiger partial charge in [0.1, 0.15) is 0 Å². The molecule has 0 saturated heterocycles. The zero-order valence-electron chi connectivity index (χ0n) is 14.3. The number of aryl methyl sites for hydroxylation is 1. The summed E-state index contributed by atoms with van der Waals surface area (Å²) in [6.07, 6.45) is -3.94. The number of rotatable bonds is 5.